The van der Waals surface area contributed by atoms with Crippen molar-refractivity contribution in [3.05, 3.63) is 38.6 Å². The minimum atomic E-state index is 0.191. The maximum atomic E-state index is 5.97. The van der Waals surface area contributed by atoms with Gasteiger partial charge in [0, 0.05) is 25.3 Å². The summed E-state index contributed by atoms with van der Waals surface area (Å²) >= 11 is 2.29. The zero-order chi connectivity index (χ0) is 17.7. The molecule has 0 fully saturated rings. The summed E-state index contributed by atoms with van der Waals surface area (Å²) in [6.07, 6.45) is 2.35. The number of rotatable bonds is 7. The van der Waals surface area contributed by atoms with Crippen LogP contribution in [0.5, 0.6) is 5.75 Å². The molecule has 0 amide bonds. The molecule has 0 aliphatic rings. The molecule has 6 nitrogen and oxygen atoms in total. The lowest BCUT2D eigenvalue weighted by Crippen LogP contribution is -2.08. The largest absolute Gasteiger partial charge is 0.490 e. The molecule has 7 heteroatoms. The molecule has 2 aromatic rings. The third kappa shape index (κ3) is 4.70. The van der Waals surface area contributed by atoms with Crippen molar-refractivity contribution in [2.45, 2.75) is 26.2 Å². The van der Waals surface area contributed by atoms with E-state index in [4.69, 9.17) is 20.9 Å². The zero-order valence-electron chi connectivity index (χ0n) is 14.2. The van der Waals surface area contributed by atoms with Crippen molar-refractivity contribution in [2.75, 3.05) is 31.8 Å². The Balaban J connectivity index is 2.33. The summed E-state index contributed by atoms with van der Waals surface area (Å²) in [6, 6.07) is 4.24. The van der Waals surface area contributed by atoms with E-state index in [1.165, 1.54) is 11.1 Å². The molecule has 130 valence electrons. The van der Waals surface area contributed by atoms with Gasteiger partial charge in [-0.1, -0.05) is 13.8 Å². The first-order chi connectivity index (χ1) is 11.4. The van der Waals surface area contributed by atoms with Crippen molar-refractivity contribution in [2.24, 2.45) is 0 Å². The number of nitrogens with two attached hydrogens (primary N) is 2. The van der Waals surface area contributed by atoms with Gasteiger partial charge in [0.25, 0.3) is 0 Å². The van der Waals surface area contributed by atoms with Crippen molar-refractivity contribution in [3.63, 3.8) is 0 Å². The monoisotopic (exact) mass is 442 g/mol. The van der Waals surface area contributed by atoms with Gasteiger partial charge in [-0.3, -0.25) is 0 Å². The van der Waals surface area contributed by atoms with Gasteiger partial charge in [0.1, 0.15) is 18.2 Å². The van der Waals surface area contributed by atoms with E-state index in [0.717, 1.165) is 14.9 Å². The van der Waals surface area contributed by atoms with Gasteiger partial charge in [-0.15, -0.1) is 0 Å². The van der Waals surface area contributed by atoms with E-state index in [1.807, 2.05) is 0 Å². The Bertz CT molecular complexity index is 707. The SMILES string of the molecule is COCCOc1cc(C(C)C)c(Cc2cnc(N)nc2N)cc1I. The first kappa shape index (κ1) is 18.7. The molecule has 4 N–H and O–H groups in total. The van der Waals surface area contributed by atoms with Crippen LogP contribution in [0.4, 0.5) is 11.8 Å². The second-order valence-electron chi connectivity index (χ2n) is 5.79. The molecule has 0 atom stereocenters. The van der Waals surface area contributed by atoms with Crippen molar-refractivity contribution in [3.8, 4) is 5.75 Å². The minimum Gasteiger partial charge on any atom is -0.490 e. The van der Waals surface area contributed by atoms with Gasteiger partial charge < -0.3 is 20.9 Å². The summed E-state index contributed by atoms with van der Waals surface area (Å²) in [5.74, 6) is 1.85. The summed E-state index contributed by atoms with van der Waals surface area (Å²) in [5.41, 5.74) is 14.8. The van der Waals surface area contributed by atoms with Crippen molar-refractivity contribution >= 4 is 34.4 Å². The van der Waals surface area contributed by atoms with Crippen LogP contribution in [0.25, 0.3) is 0 Å². The number of nitrogen functional groups attached to an aromatic ring is 2. The highest BCUT2D eigenvalue weighted by Gasteiger charge is 2.14. The lowest BCUT2D eigenvalue weighted by atomic mass is 9.93. The quantitative estimate of drug-likeness (QED) is 0.506. The zero-order valence-corrected chi connectivity index (χ0v) is 16.3. The van der Waals surface area contributed by atoms with Crippen LogP contribution in [0.1, 0.15) is 36.5 Å². The molecule has 1 aromatic carbocycles. The normalized spacial score (nSPS) is 11.0. The van der Waals surface area contributed by atoms with E-state index in [0.29, 0.717) is 31.4 Å². The van der Waals surface area contributed by atoms with E-state index < -0.39 is 0 Å². The fourth-order valence-electron chi connectivity index (χ4n) is 2.42. The first-order valence-corrected chi connectivity index (χ1v) is 8.81. The van der Waals surface area contributed by atoms with Crippen molar-refractivity contribution in [1.29, 1.82) is 0 Å². The Morgan fingerprint density at radius 3 is 2.54 bits per heavy atom. The number of ether oxygens (including phenoxy) is 2. The highest BCUT2D eigenvalue weighted by atomic mass is 127. The fourth-order valence-corrected chi connectivity index (χ4v) is 3.11. The molecule has 0 aliphatic carbocycles. The van der Waals surface area contributed by atoms with E-state index in [-0.39, 0.29) is 5.95 Å². The number of halogens is 1. The Kier molecular flexibility index (Phi) is 6.61. The number of methoxy groups -OCH3 is 1. The van der Waals surface area contributed by atoms with Gasteiger partial charge in [-0.2, -0.15) is 4.98 Å². The van der Waals surface area contributed by atoms with Gasteiger partial charge in [-0.25, -0.2) is 4.98 Å². The van der Waals surface area contributed by atoms with Gasteiger partial charge in [0.2, 0.25) is 5.95 Å². The molecule has 0 saturated carbocycles. The highest BCUT2D eigenvalue weighted by Crippen LogP contribution is 2.31. The molecule has 0 radical (unpaired) electrons. The number of anilines is 2. The second-order valence-corrected chi connectivity index (χ2v) is 6.96. The first-order valence-electron chi connectivity index (χ1n) is 7.73. The summed E-state index contributed by atoms with van der Waals surface area (Å²) < 4.78 is 11.9. The molecule has 0 spiro atoms. The van der Waals surface area contributed by atoms with Gasteiger partial charge in [0.15, 0.2) is 0 Å². The van der Waals surface area contributed by atoms with E-state index in [2.05, 4.69) is 58.5 Å². The lowest BCUT2D eigenvalue weighted by Gasteiger charge is -2.17. The maximum absolute atomic E-state index is 5.97. The van der Waals surface area contributed by atoms with Crippen LogP contribution < -0.4 is 16.2 Å². The molecule has 2 rings (SSSR count). The smallest absolute Gasteiger partial charge is 0.221 e. The van der Waals surface area contributed by atoms with Crippen molar-refractivity contribution < 1.29 is 9.47 Å². The Hall–Kier alpha value is -1.61. The summed E-state index contributed by atoms with van der Waals surface area (Å²) in [7, 11) is 1.66. The number of nitrogens with zero attached hydrogens (tertiary/aromatic N) is 2. The molecular weight excluding hydrogens is 419 g/mol. The van der Waals surface area contributed by atoms with Gasteiger partial charge >= 0.3 is 0 Å². The predicted molar refractivity (Wildman–Crippen MR) is 104 cm³/mol. The van der Waals surface area contributed by atoms with Crippen LogP contribution in [-0.4, -0.2) is 30.3 Å². The van der Waals surface area contributed by atoms with E-state index in [1.54, 1.807) is 13.3 Å². The van der Waals surface area contributed by atoms with Gasteiger partial charge in [0.05, 0.1) is 10.2 Å². The summed E-state index contributed by atoms with van der Waals surface area (Å²) in [4.78, 5) is 8.08. The van der Waals surface area contributed by atoms with Crippen LogP contribution in [0.15, 0.2) is 18.3 Å². The highest BCUT2D eigenvalue weighted by molar-refractivity contribution is 14.1. The van der Waals surface area contributed by atoms with Crippen molar-refractivity contribution in [1.82, 2.24) is 9.97 Å². The number of aromatic nitrogens is 2. The molecule has 0 saturated heterocycles. The topological polar surface area (TPSA) is 96.3 Å². The summed E-state index contributed by atoms with van der Waals surface area (Å²) in [6.45, 7) is 5.41. The average Bonchev–Trinajstić information content (AvgIpc) is 2.52. The minimum absolute atomic E-state index is 0.191. The summed E-state index contributed by atoms with van der Waals surface area (Å²) in [5, 5.41) is 0. The molecule has 1 aromatic heterocycles. The third-order valence-electron chi connectivity index (χ3n) is 3.66. The molecule has 0 unspecified atom stereocenters. The average molecular weight is 442 g/mol. The van der Waals surface area contributed by atoms with Crippen LogP contribution in [0.3, 0.4) is 0 Å². The number of hydrogen-bond acceptors (Lipinski definition) is 6. The second kappa shape index (κ2) is 8.48. The van der Waals surface area contributed by atoms with E-state index >= 15 is 0 Å². The van der Waals surface area contributed by atoms with Gasteiger partial charge in [-0.05, 0) is 51.8 Å². The fraction of sp³-hybridized carbons (Fsp3) is 0.412. The number of hydrogen-bond donors (Lipinski definition) is 2. The third-order valence-corrected chi connectivity index (χ3v) is 4.50. The Labute approximate surface area is 156 Å². The maximum Gasteiger partial charge on any atom is 0.221 e. The van der Waals surface area contributed by atoms with E-state index in [9.17, 15) is 0 Å². The van der Waals surface area contributed by atoms with Crippen LogP contribution in [0, 0.1) is 3.57 Å². The Morgan fingerprint density at radius 1 is 1.17 bits per heavy atom. The molecular formula is C17H23IN4O2. The Morgan fingerprint density at radius 2 is 1.92 bits per heavy atom. The lowest BCUT2D eigenvalue weighted by molar-refractivity contribution is 0.146. The molecule has 1 heterocycles. The van der Waals surface area contributed by atoms with Crippen LogP contribution in [-0.2, 0) is 11.2 Å². The molecule has 0 aliphatic heterocycles. The molecule has 0 bridgehead atoms. The molecule has 24 heavy (non-hydrogen) atoms. The van der Waals surface area contributed by atoms with Crippen LogP contribution >= 0.6 is 22.6 Å². The van der Waals surface area contributed by atoms with Crippen LogP contribution in [0.2, 0.25) is 0 Å². The standard InChI is InChI=1S/C17H23IN4O2/c1-10(2)13-8-15(24-5-4-23-3)14(18)7-11(13)6-12-9-21-17(20)22-16(12)19/h7-10H,4-6H2,1-3H3,(H4,19,20,21,22). The predicted octanol–water partition coefficient (Wildman–Crippen LogP) is 2.99. The number of benzene rings is 1.